The van der Waals surface area contributed by atoms with Crippen molar-refractivity contribution in [1.82, 2.24) is 0 Å². The zero-order valence-corrected chi connectivity index (χ0v) is 22.4. The molecular formula is C30H26Cl2N2O4. The molecule has 0 heterocycles. The fourth-order valence-electron chi connectivity index (χ4n) is 3.83. The van der Waals surface area contributed by atoms with E-state index in [1.807, 2.05) is 48.5 Å². The Kier molecular flexibility index (Phi) is 8.89. The molecule has 194 valence electrons. The van der Waals surface area contributed by atoms with Crippen molar-refractivity contribution in [2.24, 2.45) is 0 Å². The van der Waals surface area contributed by atoms with Gasteiger partial charge in [0.2, 0.25) is 0 Å². The highest BCUT2D eigenvalue weighted by Crippen LogP contribution is 2.35. The molecule has 0 saturated heterocycles. The quantitative estimate of drug-likeness (QED) is 0.214. The van der Waals surface area contributed by atoms with Gasteiger partial charge in [0.15, 0.2) is 0 Å². The normalized spacial score (nSPS) is 10.5. The minimum atomic E-state index is -0.253. The lowest BCUT2D eigenvalue weighted by Crippen LogP contribution is -2.13. The molecule has 0 fully saturated rings. The van der Waals surface area contributed by atoms with E-state index in [-0.39, 0.29) is 11.8 Å². The molecule has 0 bridgehead atoms. The number of benzene rings is 4. The summed E-state index contributed by atoms with van der Waals surface area (Å²) in [7, 11) is 3.09. The third kappa shape index (κ3) is 6.28. The van der Waals surface area contributed by atoms with Crippen LogP contribution in [0, 0.1) is 0 Å². The van der Waals surface area contributed by atoms with Gasteiger partial charge in [0, 0.05) is 22.9 Å². The van der Waals surface area contributed by atoms with E-state index < -0.39 is 0 Å². The molecule has 38 heavy (non-hydrogen) atoms. The molecule has 0 aliphatic rings. The summed E-state index contributed by atoms with van der Waals surface area (Å²) >= 11 is 11.7. The third-order valence-electron chi connectivity index (χ3n) is 5.97. The van der Waals surface area contributed by atoms with Crippen molar-refractivity contribution in [3.8, 4) is 22.6 Å². The number of methoxy groups -OCH3 is 2. The number of alkyl halides is 2. The van der Waals surface area contributed by atoms with E-state index in [1.165, 1.54) is 0 Å². The Morgan fingerprint density at radius 3 is 1.29 bits per heavy atom. The van der Waals surface area contributed by atoms with Gasteiger partial charge in [0.25, 0.3) is 11.8 Å². The van der Waals surface area contributed by atoms with Gasteiger partial charge < -0.3 is 20.1 Å². The van der Waals surface area contributed by atoms with Crippen LogP contribution in [0.3, 0.4) is 0 Å². The predicted molar refractivity (Wildman–Crippen MR) is 153 cm³/mol. The van der Waals surface area contributed by atoms with Crippen LogP contribution in [0.15, 0.2) is 84.9 Å². The number of nitrogens with one attached hydrogen (secondary N) is 2. The first-order valence-corrected chi connectivity index (χ1v) is 12.8. The molecule has 0 saturated carbocycles. The summed E-state index contributed by atoms with van der Waals surface area (Å²) in [6.07, 6.45) is 0. The number of anilines is 2. The Balaban J connectivity index is 1.52. The van der Waals surface area contributed by atoms with E-state index in [0.29, 0.717) is 45.8 Å². The first-order chi connectivity index (χ1) is 18.4. The number of hydrogen-bond acceptors (Lipinski definition) is 4. The lowest BCUT2D eigenvalue weighted by atomic mass is 10.0. The summed E-state index contributed by atoms with van der Waals surface area (Å²) in [5.74, 6) is 1.28. The maximum Gasteiger partial charge on any atom is 0.255 e. The molecule has 0 atom stereocenters. The summed E-state index contributed by atoms with van der Waals surface area (Å²) < 4.78 is 11.1. The maximum atomic E-state index is 12.7. The van der Waals surface area contributed by atoms with Gasteiger partial charge in [0.05, 0.1) is 25.6 Å². The topological polar surface area (TPSA) is 76.7 Å². The molecule has 2 N–H and O–H groups in total. The SMILES string of the molecule is COc1cc(-c2ccc(NC(=O)c3ccc(CCl)cc3)c(OC)c2)ccc1NC(=O)c1ccc(CCl)cc1. The summed E-state index contributed by atoms with van der Waals surface area (Å²) in [4.78, 5) is 25.4. The number of ether oxygens (including phenoxy) is 2. The van der Waals surface area contributed by atoms with Gasteiger partial charge in [0.1, 0.15) is 11.5 Å². The molecule has 0 aromatic heterocycles. The smallest absolute Gasteiger partial charge is 0.255 e. The Morgan fingerprint density at radius 2 is 0.974 bits per heavy atom. The molecule has 4 aromatic rings. The van der Waals surface area contributed by atoms with Crippen LogP contribution in [0.1, 0.15) is 31.8 Å². The average molecular weight is 549 g/mol. The van der Waals surface area contributed by atoms with Crippen LogP contribution in [-0.2, 0) is 11.8 Å². The van der Waals surface area contributed by atoms with Crippen molar-refractivity contribution in [3.05, 3.63) is 107 Å². The molecule has 0 aliphatic carbocycles. The molecular weight excluding hydrogens is 523 g/mol. The van der Waals surface area contributed by atoms with Gasteiger partial charge in [-0.1, -0.05) is 36.4 Å². The molecule has 4 aromatic carbocycles. The van der Waals surface area contributed by atoms with Crippen LogP contribution >= 0.6 is 23.2 Å². The van der Waals surface area contributed by atoms with Crippen LogP contribution in [0.4, 0.5) is 11.4 Å². The molecule has 0 unspecified atom stereocenters. The van der Waals surface area contributed by atoms with Crippen molar-refractivity contribution >= 4 is 46.4 Å². The van der Waals surface area contributed by atoms with Gasteiger partial charge in [-0.05, 0) is 70.8 Å². The van der Waals surface area contributed by atoms with Crippen molar-refractivity contribution in [3.63, 3.8) is 0 Å². The Bertz CT molecular complexity index is 1330. The van der Waals surface area contributed by atoms with Gasteiger partial charge in [-0.15, -0.1) is 23.2 Å². The molecule has 2 amide bonds. The second kappa shape index (κ2) is 12.5. The fourth-order valence-corrected chi connectivity index (χ4v) is 4.18. The Morgan fingerprint density at radius 1 is 0.605 bits per heavy atom. The van der Waals surface area contributed by atoms with Crippen molar-refractivity contribution in [1.29, 1.82) is 0 Å². The van der Waals surface area contributed by atoms with Gasteiger partial charge >= 0.3 is 0 Å². The molecule has 6 nitrogen and oxygen atoms in total. The second-order valence-electron chi connectivity index (χ2n) is 8.40. The van der Waals surface area contributed by atoms with Crippen LogP contribution in [-0.4, -0.2) is 26.0 Å². The van der Waals surface area contributed by atoms with E-state index in [4.69, 9.17) is 32.7 Å². The molecule has 0 spiro atoms. The monoisotopic (exact) mass is 548 g/mol. The third-order valence-corrected chi connectivity index (χ3v) is 6.59. The fraction of sp³-hybridized carbons (Fsp3) is 0.133. The summed E-state index contributed by atoms with van der Waals surface area (Å²) in [5.41, 5.74) is 5.68. The van der Waals surface area contributed by atoms with Gasteiger partial charge in [-0.2, -0.15) is 0 Å². The highest BCUT2D eigenvalue weighted by Gasteiger charge is 2.14. The zero-order chi connectivity index (χ0) is 27.1. The average Bonchev–Trinajstić information content (AvgIpc) is 2.97. The maximum absolute atomic E-state index is 12.7. The highest BCUT2D eigenvalue weighted by molar-refractivity contribution is 6.17. The minimum absolute atomic E-state index is 0.253. The van der Waals surface area contributed by atoms with E-state index in [2.05, 4.69) is 10.6 Å². The van der Waals surface area contributed by atoms with Crippen molar-refractivity contribution in [2.75, 3.05) is 24.9 Å². The number of carbonyl (C=O) groups excluding carboxylic acids is 2. The number of halogens is 2. The lowest BCUT2D eigenvalue weighted by molar-refractivity contribution is 0.101. The first kappa shape index (κ1) is 27.0. The lowest BCUT2D eigenvalue weighted by Gasteiger charge is -2.15. The molecule has 4 rings (SSSR count). The highest BCUT2D eigenvalue weighted by atomic mass is 35.5. The number of hydrogen-bond donors (Lipinski definition) is 2. The number of carbonyl (C=O) groups is 2. The molecule has 0 radical (unpaired) electrons. The van der Waals surface area contributed by atoms with E-state index in [1.54, 1.807) is 50.6 Å². The molecule has 0 aliphatic heterocycles. The van der Waals surface area contributed by atoms with Crippen LogP contribution in [0.5, 0.6) is 11.5 Å². The van der Waals surface area contributed by atoms with E-state index in [9.17, 15) is 9.59 Å². The molecule has 8 heteroatoms. The van der Waals surface area contributed by atoms with Gasteiger partial charge in [-0.3, -0.25) is 9.59 Å². The minimum Gasteiger partial charge on any atom is -0.495 e. The zero-order valence-electron chi connectivity index (χ0n) is 20.9. The largest absolute Gasteiger partial charge is 0.495 e. The van der Waals surface area contributed by atoms with Crippen LogP contribution in [0.2, 0.25) is 0 Å². The Labute approximate surface area is 231 Å². The second-order valence-corrected chi connectivity index (χ2v) is 8.93. The van der Waals surface area contributed by atoms with Gasteiger partial charge in [-0.25, -0.2) is 0 Å². The number of rotatable bonds is 9. The summed E-state index contributed by atoms with van der Waals surface area (Å²) in [6.45, 7) is 0. The predicted octanol–water partition coefficient (Wildman–Crippen LogP) is 7.35. The van der Waals surface area contributed by atoms with Crippen molar-refractivity contribution in [2.45, 2.75) is 11.8 Å². The van der Waals surface area contributed by atoms with E-state index >= 15 is 0 Å². The first-order valence-electron chi connectivity index (χ1n) is 11.7. The summed E-state index contributed by atoms with van der Waals surface area (Å²) in [5, 5.41) is 5.79. The standard InChI is InChI=1S/C30H26Cl2N2O4/c1-37-27-15-23(11-13-25(27)33-29(35)21-7-3-19(17-31)4-8-21)24-12-14-26(28(16-24)38-2)34-30(36)22-9-5-20(18-32)6-10-22/h3-16H,17-18H2,1-2H3,(H,33,35)(H,34,36). The number of amides is 2. The van der Waals surface area contributed by atoms with Crippen LogP contribution < -0.4 is 20.1 Å². The Hall–Kier alpha value is -4.00. The van der Waals surface area contributed by atoms with Crippen LogP contribution in [0.25, 0.3) is 11.1 Å². The van der Waals surface area contributed by atoms with E-state index in [0.717, 1.165) is 22.3 Å². The van der Waals surface area contributed by atoms with Crippen molar-refractivity contribution < 1.29 is 19.1 Å². The summed E-state index contributed by atoms with van der Waals surface area (Å²) in [6, 6.07) is 25.2.